The van der Waals surface area contributed by atoms with Gasteiger partial charge in [-0.15, -0.1) is 0 Å². The van der Waals surface area contributed by atoms with Crippen molar-refractivity contribution in [2.75, 3.05) is 5.32 Å². The number of oxazole rings is 1. The minimum absolute atomic E-state index is 0.0140. The molecular formula is C17H12ClN5O2. The van der Waals surface area contributed by atoms with Crippen LogP contribution in [0.15, 0.2) is 47.3 Å². The number of benzene rings is 1. The van der Waals surface area contributed by atoms with Gasteiger partial charge in [0.05, 0.1) is 16.7 Å². The second-order valence-corrected chi connectivity index (χ2v) is 5.86. The van der Waals surface area contributed by atoms with E-state index >= 15 is 0 Å². The molecule has 0 radical (unpaired) electrons. The zero-order chi connectivity index (χ0) is 17.4. The molecule has 0 saturated heterocycles. The summed E-state index contributed by atoms with van der Waals surface area (Å²) in [6.45, 7) is 1.96. The number of aryl methyl sites for hydroxylation is 1. The number of carbonyl (C=O) groups is 1. The highest BCUT2D eigenvalue weighted by Crippen LogP contribution is 2.30. The molecule has 0 aliphatic heterocycles. The second-order valence-electron chi connectivity index (χ2n) is 5.46. The van der Waals surface area contributed by atoms with Gasteiger partial charge in [0.1, 0.15) is 12.1 Å². The van der Waals surface area contributed by atoms with Gasteiger partial charge in [-0.3, -0.25) is 4.79 Å². The fraction of sp³-hybridized carbons (Fsp3) is 0.0588. The van der Waals surface area contributed by atoms with Crippen molar-refractivity contribution in [3.63, 3.8) is 0 Å². The van der Waals surface area contributed by atoms with E-state index in [0.29, 0.717) is 27.7 Å². The quantitative estimate of drug-likeness (QED) is 0.583. The third-order valence-electron chi connectivity index (χ3n) is 3.58. The number of amides is 1. The van der Waals surface area contributed by atoms with Crippen molar-refractivity contribution in [2.24, 2.45) is 0 Å². The molecule has 0 aliphatic rings. The summed E-state index contributed by atoms with van der Waals surface area (Å²) in [4.78, 5) is 27.8. The summed E-state index contributed by atoms with van der Waals surface area (Å²) < 4.78 is 4.98. The van der Waals surface area contributed by atoms with Gasteiger partial charge in [-0.05, 0) is 36.8 Å². The minimum atomic E-state index is -0.444. The molecule has 2 N–H and O–H groups in total. The Morgan fingerprint density at radius 1 is 1.28 bits per heavy atom. The van der Waals surface area contributed by atoms with E-state index in [9.17, 15) is 4.79 Å². The molecule has 4 aromatic rings. The van der Waals surface area contributed by atoms with Gasteiger partial charge in [0.15, 0.2) is 5.65 Å². The van der Waals surface area contributed by atoms with E-state index in [0.717, 1.165) is 11.1 Å². The Labute approximate surface area is 147 Å². The van der Waals surface area contributed by atoms with E-state index in [1.165, 1.54) is 12.5 Å². The number of anilines is 1. The molecule has 3 heterocycles. The van der Waals surface area contributed by atoms with Crippen molar-refractivity contribution in [3.8, 4) is 11.4 Å². The zero-order valence-corrected chi connectivity index (χ0v) is 13.8. The number of pyridine rings is 1. The molecule has 3 aromatic heterocycles. The van der Waals surface area contributed by atoms with Gasteiger partial charge in [-0.25, -0.2) is 15.0 Å². The summed E-state index contributed by atoms with van der Waals surface area (Å²) >= 11 is 6.30. The van der Waals surface area contributed by atoms with Gasteiger partial charge >= 0.3 is 5.91 Å². The normalized spacial score (nSPS) is 11.0. The number of fused-ring (bicyclic) bond motifs is 1. The summed E-state index contributed by atoms with van der Waals surface area (Å²) in [5, 5.41) is 3.22. The lowest BCUT2D eigenvalue weighted by atomic mass is 10.2. The number of H-pyrrole nitrogens is 1. The number of carbonyl (C=O) groups excluding carboxylic acids is 1. The fourth-order valence-corrected chi connectivity index (χ4v) is 2.64. The second kappa shape index (κ2) is 6.03. The van der Waals surface area contributed by atoms with Gasteiger partial charge in [-0.1, -0.05) is 11.6 Å². The molecule has 0 aliphatic carbocycles. The molecule has 0 unspecified atom stereocenters. The van der Waals surface area contributed by atoms with Crippen molar-refractivity contribution >= 4 is 34.4 Å². The third kappa shape index (κ3) is 2.97. The van der Waals surface area contributed by atoms with E-state index < -0.39 is 5.91 Å². The first-order valence-corrected chi connectivity index (χ1v) is 7.81. The summed E-state index contributed by atoms with van der Waals surface area (Å²) in [7, 11) is 0. The summed E-state index contributed by atoms with van der Waals surface area (Å²) in [6.07, 6.45) is 4.50. The van der Waals surface area contributed by atoms with Crippen molar-refractivity contribution < 1.29 is 9.21 Å². The standard InChI is InChI=1S/C17H12ClN5O2/c1-9-6-13-15(20-8-9)23-14(22-13)11-7-10(2-3-12(11)18)21-16(24)17-19-4-5-25-17/h2-8H,1H3,(H,21,24)(H,20,22,23). The number of halogens is 1. The summed E-state index contributed by atoms with van der Waals surface area (Å²) in [6, 6.07) is 7.07. The van der Waals surface area contributed by atoms with Crippen LogP contribution >= 0.6 is 11.6 Å². The molecule has 1 aromatic carbocycles. The molecule has 1 amide bonds. The highest BCUT2D eigenvalue weighted by Gasteiger charge is 2.14. The predicted octanol–water partition coefficient (Wildman–Crippen LogP) is 3.83. The SMILES string of the molecule is Cc1cnc2nc(-c3cc(NC(=O)c4ncco4)ccc3Cl)[nH]c2c1. The fourth-order valence-electron chi connectivity index (χ4n) is 2.44. The Hall–Kier alpha value is -3.19. The van der Waals surface area contributed by atoms with E-state index in [-0.39, 0.29) is 5.89 Å². The largest absolute Gasteiger partial charge is 0.441 e. The predicted molar refractivity (Wildman–Crippen MR) is 93.5 cm³/mol. The molecular weight excluding hydrogens is 342 g/mol. The van der Waals surface area contributed by atoms with E-state index in [4.69, 9.17) is 16.0 Å². The number of nitrogens with zero attached hydrogens (tertiary/aromatic N) is 3. The van der Waals surface area contributed by atoms with Crippen LogP contribution < -0.4 is 5.32 Å². The molecule has 4 rings (SSSR count). The highest BCUT2D eigenvalue weighted by molar-refractivity contribution is 6.33. The van der Waals surface area contributed by atoms with E-state index in [1.54, 1.807) is 24.4 Å². The van der Waals surface area contributed by atoms with Crippen LogP contribution in [0.5, 0.6) is 0 Å². The summed E-state index contributed by atoms with van der Waals surface area (Å²) in [5.41, 5.74) is 3.65. The number of hydrogen-bond donors (Lipinski definition) is 2. The van der Waals surface area contributed by atoms with E-state index in [2.05, 4.69) is 25.3 Å². The maximum atomic E-state index is 12.1. The van der Waals surface area contributed by atoms with Crippen molar-refractivity contribution in [2.45, 2.75) is 6.92 Å². The minimum Gasteiger partial charge on any atom is -0.441 e. The highest BCUT2D eigenvalue weighted by atomic mass is 35.5. The van der Waals surface area contributed by atoms with Crippen LogP contribution in [0.3, 0.4) is 0 Å². The van der Waals surface area contributed by atoms with Crippen LogP contribution in [0.25, 0.3) is 22.6 Å². The Bertz CT molecular complexity index is 1070. The first-order chi connectivity index (χ1) is 12.1. The van der Waals surface area contributed by atoms with Gasteiger partial charge in [-0.2, -0.15) is 0 Å². The van der Waals surface area contributed by atoms with Crippen LogP contribution in [0.2, 0.25) is 5.02 Å². The maximum Gasteiger partial charge on any atom is 0.311 e. The molecule has 25 heavy (non-hydrogen) atoms. The number of aromatic nitrogens is 4. The molecule has 0 spiro atoms. The first kappa shape index (κ1) is 15.3. The van der Waals surface area contributed by atoms with Gasteiger partial charge in [0, 0.05) is 17.4 Å². The molecule has 0 fully saturated rings. The van der Waals surface area contributed by atoms with Crippen LogP contribution in [-0.4, -0.2) is 25.8 Å². The molecule has 0 saturated carbocycles. The van der Waals surface area contributed by atoms with E-state index in [1.807, 2.05) is 13.0 Å². The van der Waals surface area contributed by atoms with Crippen molar-refractivity contribution in [1.29, 1.82) is 0 Å². The van der Waals surface area contributed by atoms with Gasteiger partial charge in [0.2, 0.25) is 0 Å². The number of aromatic amines is 1. The average Bonchev–Trinajstić information content (AvgIpc) is 3.25. The maximum absolute atomic E-state index is 12.1. The van der Waals surface area contributed by atoms with Crippen LogP contribution in [0.1, 0.15) is 16.2 Å². The topological polar surface area (TPSA) is 96.7 Å². The molecule has 7 nitrogen and oxygen atoms in total. The van der Waals surface area contributed by atoms with Crippen LogP contribution in [0.4, 0.5) is 5.69 Å². The van der Waals surface area contributed by atoms with Crippen molar-refractivity contribution in [3.05, 3.63) is 59.4 Å². The number of hydrogen-bond acceptors (Lipinski definition) is 5. The van der Waals surface area contributed by atoms with Gasteiger partial charge in [0.25, 0.3) is 5.89 Å². The third-order valence-corrected chi connectivity index (χ3v) is 3.91. The lowest BCUT2D eigenvalue weighted by Gasteiger charge is -2.06. The first-order valence-electron chi connectivity index (χ1n) is 7.43. The monoisotopic (exact) mass is 353 g/mol. The Kier molecular flexibility index (Phi) is 3.70. The molecule has 0 atom stereocenters. The molecule has 124 valence electrons. The zero-order valence-electron chi connectivity index (χ0n) is 13.1. The number of imidazole rings is 1. The number of nitrogens with one attached hydrogen (secondary N) is 2. The van der Waals surface area contributed by atoms with Crippen LogP contribution in [-0.2, 0) is 0 Å². The lowest BCUT2D eigenvalue weighted by Crippen LogP contribution is -2.12. The average molecular weight is 354 g/mol. The van der Waals surface area contributed by atoms with Crippen LogP contribution in [0, 0.1) is 6.92 Å². The smallest absolute Gasteiger partial charge is 0.311 e. The Morgan fingerprint density at radius 3 is 2.96 bits per heavy atom. The van der Waals surface area contributed by atoms with Gasteiger partial charge < -0.3 is 14.7 Å². The Morgan fingerprint density at radius 2 is 2.16 bits per heavy atom. The molecule has 8 heteroatoms. The van der Waals surface area contributed by atoms with Crippen molar-refractivity contribution in [1.82, 2.24) is 19.9 Å². The number of rotatable bonds is 3. The lowest BCUT2D eigenvalue weighted by molar-refractivity contribution is 0.0990. The molecule has 0 bridgehead atoms. The Balaban J connectivity index is 1.70. The summed E-state index contributed by atoms with van der Waals surface area (Å²) in [5.74, 6) is 0.116.